The molecular weight excluding hydrogens is 238 g/mol. The Bertz CT molecular complexity index is 359. The van der Waals surface area contributed by atoms with Crippen molar-refractivity contribution in [2.24, 2.45) is 11.8 Å². The van der Waals surface area contributed by atoms with Gasteiger partial charge in [0.2, 0.25) is 5.91 Å². The van der Waals surface area contributed by atoms with Crippen LogP contribution in [0.15, 0.2) is 11.8 Å². The van der Waals surface area contributed by atoms with Gasteiger partial charge < -0.3 is 14.8 Å². The number of rotatable bonds is 5. The fourth-order valence-electron chi connectivity index (χ4n) is 0.982. The molecule has 6 heteroatoms. The molecule has 0 fully saturated rings. The van der Waals surface area contributed by atoms with Gasteiger partial charge in [-0.3, -0.25) is 4.79 Å². The second-order valence-corrected chi connectivity index (χ2v) is 4.09. The van der Waals surface area contributed by atoms with Crippen molar-refractivity contribution in [2.45, 2.75) is 20.8 Å². The number of hydrogen-bond acceptors (Lipinski definition) is 5. The number of carbonyl (C=O) groups is 3. The smallest absolute Gasteiger partial charge is 0.354 e. The lowest BCUT2D eigenvalue weighted by Crippen LogP contribution is -2.34. The number of ether oxygens (including phenoxy) is 2. The van der Waals surface area contributed by atoms with E-state index < -0.39 is 11.9 Å². The van der Waals surface area contributed by atoms with Crippen LogP contribution in [0.5, 0.6) is 0 Å². The van der Waals surface area contributed by atoms with Gasteiger partial charge in [0.25, 0.3) is 0 Å². The first-order valence-corrected chi connectivity index (χ1v) is 5.52. The molecule has 0 aromatic heterocycles. The third-order valence-electron chi connectivity index (χ3n) is 2.54. The molecule has 1 N–H and O–H groups in total. The van der Waals surface area contributed by atoms with Crippen LogP contribution in [0, 0.1) is 11.8 Å². The van der Waals surface area contributed by atoms with E-state index in [-0.39, 0.29) is 23.4 Å². The van der Waals surface area contributed by atoms with Crippen LogP contribution in [0.2, 0.25) is 0 Å². The predicted octanol–water partition coefficient (Wildman–Crippen LogP) is 0.625. The first-order chi connectivity index (χ1) is 8.33. The summed E-state index contributed by atoms with van der Waals surface area (Å²) >= 11 is 0. The summed E-state index contributed by atoms with van der Waals surface area (Å²) in [6, 6.07) is 0. The Morgan fingerprint density at radius 1 is 1.06 bits per heavy atom. The zero-order valence-corrected chi connectivity index (χ0v) is 11.3. The highest BCUT2D eigenvalue weighted by Crippen LogP contribution is 2.10. The van der Waals surface area contributed by atoms with Crippen LogP contribution in [0.4, 0.5) is 0 Å². The van der Waals surface area contributed by atoms with E-state index in [0.717, 1.165) is 13.2 Å². The van der Waals surface area contributed by atoms with Crippen molar-refractivity contribution in [3.05, 3.63) is 11.8 Å². The highest BCUT2D eigenvalue weighted by atomic mass is 16.5. The van der Waals surface area contributed by atoms with Gasteiger partial charge in [0, 0.05) is 5.92 Å². The van der Waals surface area contributed by atoms with Gasteiger partial charge in [-0.25, -0.2) is 9.59 Å². The molecule has 6 nitrogen and oxygen atoms in total. The summed E-state index contributed by atoms with van der Waals surface area (Å²) in [6.07, 6.45) is 0.886. The van der Waals surface area contributed by atoms with Gasteiger partial charge in [-0.1, -0.05) is 20.8 Å². The first-order valence-electron chi connectivity index (χ1n) is 5.52. The Hall–Kier alpha value is -1.85. The summed E-state index contributed by atoms with van der Waals surface area (Å²) in [5.41, 5.74) is -0.234. The predicted molar refractivity (Wildman–Crippen MR) is 64.3 cm³/mol. The maximum Gasteiger partial charge on any atom is 0.354 e. The van der Waals surface area contributed by atoms with Crippen LogP contribution >= 0.6 is 0 Å². The fourth-order valence-corrected chi connectivity index (χ4v) is 0.982. The molecule has 102 valence electrons. The van der Waals surface area contributed by atoms with Gasteiger partial charge in [-0.2, -0.15) is 0 Å². The maximum atomic E-state index is 11.8. The average Bonchev–Trinajstić information content (AvgIpc) is 2.35. The number of esters is 2. The van der Waals surface area contributed by atoms with E-state index in [1.165, 1.54) is 7.11 Å². The van der Waals surface area contributed by atoms with Crippen LogP contribution in [-0.4, -0.2) is 32.1 Å². The molecule has 1 atom stereocenters. The van der Waals surface area contributed by atoms with Crippen molar-refractivity contribution < 1.29 is 23.9 Å². The number of methoxy groups -OCH3 is 2. The molecule has 1 amide bonds. The highest BCUT2D eigenvalue weighted by Gasteiger charge is 2.21. The Labute approximate surface area is 106 Å². The van der Waals surface area contributed by atoms with E-state index in [1.54, 1.807) is 6.92 Å². The van der Waals surface area contributed by atoms with E-state index in [4.69, 9.17) is 0 Å². The molecule has 0 heterocycles. The molecule has 0 aliphatic heterocycles. The first kappa shape index (κ1) is 16.1. The van der Waals surface area contributed by atoms with Gasteiger partial charge in [0.15, 0.2) is 0 Å². The molecular formula is C12H19NO5. The van der Waals surface area contributed by atoms with E-state index >= 15 is 0 Å². The highest BCUT2D eigenvalue weighted by molar-refractivity contribution is 5.99. The summed E-state index contributed by atoms with van der Waals surface area (Å²) in [6.45, 7) is 5.49. The summed E-state index contributed by atoms with van der Waals surface area (Å²) in [7, 11) is 2.33. The Morgan fingerprint density at radius 3 is 2.00 bits per heavy atom. The van der Waals surface area contributed by atoms with E-state index in [9.17, 15) is 14.4 Å². The molecule has 0 radical (unpaired) electrons. The Kier molecular flexibility index (Phi) is 6.70. The minimum atomic E-state index is -0.801. The molecule has 0 bridgehead atoms. The molecule has 0 aliphatic rings. The van der Waals surface area contributed by atoms with Crippen molar-refractivity contribution >= 4 is 17.8 Å². The molecule has 0 rings (SSSR count). The Morgan fingerprint density at radius 2 is 1.61 bits per heavy atom. The van der Waals surface area contributed by atoms with Crippen molar-refractivity contribution in [1.29, 1.82) is 0 Å². The van der Waals surface area contributed by atoms with Crippen LogP contribution in [-0.2, 0) is 23.9 Å². The fraction of sp³-hybridized carbons (Fsp3) is 0.583. The molecule has 0 saturated carbocycles. The van der Waals surface area contributed by atoms with Gasteiger partial charge in [0.05, 0.1) is 20.3 Å². The zero-order valence-electron chi connectivity index (χ0n) is 11.3. The van der Waals surface area contributed by atoms with Gasteiger partial charge in [-0.05, 0) is 5.92 Å². The number of hydrogen-bond donors (Lipinski definition) is 1. The molecule has 1 unspecified atom stereocenters. The minimum absolute atomic E-state index is 0.113. The molecule has 0 saturated heterocycles. The van der Waals surface area contributed by atoms with E-state index in [0.29, 0.717) is 0 Å². The Balaban J connectivity index is 4.92. The van der Waals surface area contributed by atoms with Crippen LogP contribution in [0.3, 0.4) is 0 Å². The maximum absolute atomic E-state index is 11.8. The molecule has 0 aromatic rings. The zero-order chi connectivity index (χ0) is 14.3. The van der Waals surface area contributed by atoms with E-state index in [1.807, 2.05) is 13.8 Å². The summed E-state index contributed by atoms with van der Waals surface area (Å²) in [4.78, 5) is 34.2. The summed E-state index contributed by atoms with van der Waals surface area (Å²) in [5, 5.41) is 2.36. The van der Waals surface area contributed by atoms with Crippen molar-refractivity contribution in [2.75, 3.05) is 14.2 Å². The van der Waals surface area contributed by atoms with Crippen LogP contribution in [0.1, 0.15) is 20.8 Å². The SMILES string of the molecule is COC(=O)/C=C(/NC(=O)C(C)C(C)C)C(=O)OC. The third kappa shape index (κ3) is 4.99. The average molecular weight is 257 g/mol. The lowest BCUT2D eigenvalue weighted by Gasteiger charge is -2.15. The van der Waals surface area contributed by atoms with Gasteiger partial charge >= 0.3 is 11.9 Å². The molecule has 18 heavy (non-hydrogen) atoms. The second kappa shape index (κ2) is 7.47. The topological polar surface area (TPSA) is 81.7 Å². The lowest BCUT2D eigenvalue weighted by molar-refractivity contribution is -0.139. The second-order valence-electron chi connectivity index (χ2n) is 4.09. The van der Waals surface area contributed by atoms with Crippen molar-refractivity contribution in [3.8, 4) is 0 Å². The quantitative estimate of drug-likeness (QED) is 0.577. The van der Waals surface area contributed by atoms with Gasteiger partial charge in [0.1, 0.15) is 5.70 Å². The monoisotopic (exact) mass is 257 g/mol. The van der Waals surface area contributed by atoms with Crippen molar-refractivity contribution in [1.82, 2.24) is 5.32 Å². The van der Waals surface area contributed by atoms with Crippen LogP contribution < -0.4 is 5.32 Å². The van der Waals surface area contributed by atoms with Gasteiger partial charge in [-0.15, -0.1) is 0 Å². The standard InChI is InChI=1S/C12H19NO5/c1-7(2)8(3)11(15)13-9(12(16)18-5)6-10(14)17-4/h6-8H,1-5H3,(H,13,15)/b9-6+. The number of carbonyl (C=O) groups excluding carboxylic acids is 3. The third-order valence-corrected chi connectivity index (χ3v) is 2.54. The summed E-state index contributed by atoms with van der Waals surface area (Å²) < 4.78 is 8.86. The normalized spacial score (nSPS) is 12.9. The number of nitrogens with one attached hydrogen (secondary N) is 1. The number of amides is 1. The van der Waals surface area contributed by atoms with Crippen molar-refractivity contribution in [3.63, 3.8) is 0 Å². The molecule has 0 aliphatic carbocycles. The minimum Gasteiger partial charge on any atom is -0.466 e. The lowest BCUT2D eigenvalue weighted by atomic mass is 9.97. The largest absolute Gasteiger partial charge is 0.466 e. The molecule has 0 aromatic carbocycles. The van der Waals surface area contributed by atoms with E-state index in [2.05, 4.69) is 14.8 Å². The summed E-state index contributed by atoms with van der Waals surface area (Å²) in [5.74, 6) is -2.08. The van der Waals surface area contributed by atoms with Crippen LogP contribution in [0.25, 0.3) is 0 Å². The molecule has 0 spiro atoms.